The number of thiazole rings is 1. The van der Waals surface area contributed by atoms with Crippen molar-refractivity contribution in [3.63, 3.8) is 0 Å². The zero-order valence-electron chi connectivity index (χ0n) is 13.1. The van der Waals surface area contributed by atoms with Crippen molar-refractivity contribution in [3.05, 3.63) is 73.8 Å². The van der Waals surface area contributed by atoms with E-state index in [9.17, 15) is 13.2 Å². The van der Waals surface area contributed by atoms with Gasteiger partial charge >= 0.3 is 6.18 Å². The van der Waals surface area contributed by atoms with Crippen molar-refractivity contribution in [2.24, 2.45) is 0 Å². The third kappa shape index (κ3) is 5.13. The van der Waals surface area contributed by atoms with Gasteiger partial charge in [0.15, 0.2) is 0 Å². The monoisotopic (exact) mass is 434 g/mol. The van der Waals surface area contributed by atoms with Crippen LogP contribution in [0.2, 0.25) is 10.0 Å². The Morgan fingerprint density at radius 3 is 2.54 bits per heavy atom. The van der Waals surface area contributed by atoms with E-state index in [-0.39, 0.29) is 0 Å². The van der Waals surface area contributed by atoms with Gasteiger partial charge in [0.05, 0.1) is 31.3 Å². The molecule has 0 aliphatic carbocycles. The molecule has 3 rings (SSSR count). The second-order valence-electron chi connectivity index (χ2n) is 5.33. The Labute approximate surface area is 166 Å². The lowest BCUT2D eigenvalue weighted by molar-refractivity contribution is -0.137. The molecule has 9 heteroatoms. The number of halogens is 5. The predicted molar refractivity (Wildman–Crippen MR) is 100 cm³/mol. The molecule has 0 amide bonds. The summed E-state index contributed by atoms with van der Waals surface area (Å²) in [5.74, 6) is 0.538. The average molecular weight is 435 g/mol. The molecule has 0 fully saturated rings. The number of rotatable bonds is 5. The summed E-state index contributed by atoms with van der Waals surface area (Å²) in [6.45, 7) is 0. The van der Waals surface area contributed by atoms with Crippen LogP contribution in [0.4, 0.5) is 13.2 Å². The Balaban J connectivity index is 1.59. The number of alkyl halides is 3. The smallest absolute Gasteiger partial charge is 0.249 e. The maximum absolute atomic E-state index is 12.5. The fourth-order valence-corrected chi connectivity index (χ4v) is 4.09. The van der Waals surface area contributed by atoms with Crippen LogP contribution in [0.1, 0.15) is 21.8 Å². The highest BCUT2D eigenvalue weighted by Crippen LogP contribution is 2.30. The molecule has 0 radical (unpaired) electrons. The van der Waals surface area contributed by atoms with Crippen molar-refractivity contribution >= 4 is 46.3 Å². The molecule has 0 spiro atoms. The minimum Gasteiger partial charge on any atom is -0.249 e. The van der Waals surface area contributed by atoms with Gasteiger partial charge in [0.1, 0.15) is 0 Å². The Morgan fingerprint density at radius 2 is 1.88 bits per heavy atom. The van der Waals surface area contributed by atoms with Gasteiger partial charge in [-0.2, -0.15) is 13.2 Å². The second kappa shape index (κ2) is 8.17. The quantitative estimate of drug-likeness (QED) is 0.415. The molecule has 0 aliphatic rings. The standard InChI is InChI=1S/C17H11Cl2F3N2S2/c18-13-3-1-10(5-14(13)19)6-16-24-12(9-26-16)8-25-15-4-2-11(7-23-15)17(20,21)22/h1-5,7,9H,6,8H2. The summed E-state index contributed by atoms with van der Waals surface area (Å²) in [6.07, 6.45) is -2.88. The molecule has 0 aliphatic heterocycles. The molecule has 2 heterocycles. The predicted octanol–water partition coefficient (Wildman–Crippen LogP) is 6.75. The van der Waals surface area contributed by atoms with Crippen LogP contribution in [0, 0.1) is 0 Å². The molecule has 0 bridgehead atoms. The lowest BCUT2D eigenvalue weighted by atomic mass is 10.2. The number of hydrogen-bond acceptors (Lipinski definition) is 4. The normalized spacial score (nSPS) is 11.7. The summed E-state index contributed by atoms with van der Waals surface area (Å²) < 4.78 is 37.6. The van der Waals surface area contributed by atoms with E-state index < -0.39 is 11.7 Å². The van der Waals surface area contributed by atoms with Gasteiger partial charge in [-0.05, 0) is 29.8 Å². The number of benzene rings is 1. The van der Waals surface area contributed by atoms with Gasteiger partial charge in [0.25, 0.3) is 0 Å². The minimum atomic E-state index is -4.37. The van der Waals surface area contributed by atoms with Crippen molar-refractivity contribution in [1.82, 2.24) is 9.97 Å². The van der Waals surface area contributed by atoms with Gasteiger partial charge in [-0.1, -0.05) is 29.3 Å². The van der Waals surface area contributed by atoms with Crippen LogP contribution in [0.5, 0.6) is 0 Å². The van der Waals surface area contributed by atoms with Crippen molar-refractivity contribution in [1.29, 1.82) is 0 Å². The van der Waals surface area contributed by atoms with Crippen molar-refractivity contribution in [3.8, 4) is 0 Å². The first-order valence-corrected chi connectivity index (χ1v) is 9.96. The van der Waals surface area contributed by atoms with Crippen molar-refractivity contribution in [2.75, 3.05) is 0 Å². The average Bonchev–Trinajstić information content (AvgIpc) is 3.03. The zero-order valence-corrected chi connectivity index (χ0v) is 16.2. The molecule has 0 saturated carbocycles. The molecule has 0 atom stereocenters. The van der Waals surface area contributed by atoms with Crippen LogP contribution >= 0.6 is 46.3 Å². The number of aromatic nitrogens is 2. The molecular formula is C17H11Cl2F3N2S2. The summed E-state index contributed by atoms with van der Waals surface area (Å²) in [6, 6.07) is 7.87. The molecule has 0 unspecified atom stereocenters. The highest BCUT2D eigenvalue weighted by Gasteiger charge is 2.30. The summed E-state index contributed by atoms with van der Waals surface area (Å²) in [5.41, 5.74) is 1.12. The van der Waals surface area contributed by atoms with Crippen molar-refractivity contribution in [2.45, 2.75) is 23.4 Å². The largest absolute Gasteiger partial charge is 0.417 e. The van der Waals surface area contributed by atoms with E-state index in [4.69, 9.17) is 23.2 Å². The molecule has 1 aromatic carbocycles. The summed E-state index contributed by atoms with van der Waals surface area (Å²) in [4.78, 5) is 8.39. The fourth-order valence-electron chi connectivity index (χ4n) is 2.10. The maximum Gasteiger partial charge on any atom is 0.417 e. The Kier molecular flexibility index (Phi) is 6.12. The van der Waals surface area contributed by atoms with E-state index in [1.54, 1.807) is 6.07 Å². The number of nitrogens with zero attached hydrogens (tertiary/aromatic N) is 2. The molecular weight excluding hydrogens is 424 g/mol. The minimum absolute atomic E-state index is 0.505. The Bertz CT molecular complexity index is 896. The van der Waals surface area contributed by atoms with Gasteiger partial charge in [-0.15, -0.1) is 23.1 Å². The van der Waals surface area contributed by atoms with E-state index in [0.29, 0.717) is 27.2 Å². The first kappa shape index (κ1) is 19.5. The third-order valence-electron chi connectivity index (χ3n) is 3.37. The molecule has 2 aromatic heterocycles. The summed E-state index contributed by atoms with van der Waals surface area (Å²) in [7, 11) is 0. The van der Waals surface area contributed by atoms with Crippen molar-refractivity contribution < 1.29 is 13.2 Å². The zero-order chi connectivity index (χ0) is 18.7. The van der Waals surface area contributed by atoms with Crippen LogP contribution in [-0.2, 0) is 18.3 Å². The van der Waals surface area contributed by atoms with Gasteiger partial charge in [-0.3, -0.25) is 0 Å². The highest BCUT2D eigenvalue weighted by molar-refractivity contribution is 7.98. The van der Waals surface area contributed by atoms with Crippen LogP contribution in [0.15, 0.2) is 46.9 Å². The van der Waals surface area contributed by atoms with Gasteiger partial charge in [0, 0.05) is 23.8 Å². The maximum atomic E-state index is 12.5. The summed E-state index contributed by atoms with van der Waals surface area (Å²) >= 11 is 14.8. The van der Waals surface area contributed by atoms with Gasteiger partial charge in [-0.25, -0.2) is 9.97 Å². The van der Waals surface area contributed by atoms with Gasteiger partial charge in [0.2, 0.25) is 0 Å². The van der Waals surface area contributed by atoms with E-state index in [1.165, 1.54) is 29.2 Å². The second-order valence-corrected chi connectivity index (χ2v) is 8.08. The van der Waals surface area contributed by atoms with Crippen LogP contribution in [0.3, 0.4) is 0 Å². The molecule has 26 heavy (non-hydrogen) atoms. The number of thioether (sulfide) groups is 1. The van der Waals surface area contributed by atoms with Crippen LogP contribution in [-0.4, -0.2) is 9.97 Å². The lowest BCUT2D eigenvalue weighted by Crippen LogP contribution is -2.05. The number of hydrogen-bond donors (Lipinski definition) is 0. The molecule has 3 aromatic rings. The SMILES string of the molecule is FC(F)(F)c1ccc(SCc2csc(Cc3ccc(Cl)c(Cl)c3)n2)nc1. The van der Waals surface area contributed by atoms with E-state index >= 15 is 0 Å². The summed E-state index contributed by atoms with van der Waals surface area (Å²) in [5, 5.41) is 4.40. The fraction of sp³-hybridized carbons (Fsp3) is 0.176. The first-order chi connectivity index (χ1) is 12.3. The number of pyridine rings is 1. The van der Waals surface area contributed by atoms with E-state index in [0.717, 1.165) is 28.5 Å². The van der Waals surface area contributed by atoms with E-state index in [1.807, 2.05) is 17.5 Å². The first-order valence-electron chi connectivity index (χ1n) is 7.34. The van der Waals surface area contributed by atoms with Gasteiger partial charge < -0.3 is 0 Å². The Morgan fingerprint density at radius 1 is 1.08 bits per heavy atom. The molecule has 0 N–H and O–H groups in total. The highest BCUT2D eigenvalue weighted by atomic mass is 35.5. The molecule has 0 saturated heterocycles. The van der Waals surface area contributed by atoms with Crippen LogP contribution < -0.4 is 0 Å². The lowest BCUT2D eigenvalue weighted by Gasteiger charge is -2.06. The molecule has 2 nitrogen and oxygen atoms in total. The van der Waals surface area contributed by atoms with E-state index in [2.05, 4.69) is 9.97 Å². The topological polar surface area (TPSA) is 25.8 Å². The Hall–Kier alpha value is -1.28. The third-order valence-corrected chi connectivity index (χ3v) is 5.98. The molecule has 136 valence electrons. The van der Waals surface area contributed by atoms with Crippen LogP contribution in [0.25, 0.3) is 0 Å².